The zero-order valence-electron chi connectivity index (χ0n) is 17.0. The molecule has 0 radical (unpaired) electrons. The van der Waals surface area contributed by atoms with Crippen molar-refractivity contribution in [1.82, 2.24) is 25.4 Å². The lowest BCUT2D eigenvalue weighted by Crippen LogP contribution is -2.38. The Morgan fingerprint density at radius 3 is 2.56 bits per heavy atom. The second kappa shape index (κ2) is 10.5. The van der Waals surface area contributed by atoms with Gasteiger partial charge in [0, 0.05) is 20.1 Å². The topological polar surface area (TPSA) is 67.1 Å². The number of hydrogen-bond acceptors (Lipinski definition) is 3. The molecule has 2 aromatic rings. The first kappa shape index (κ1) is 20.7. The monoisotopic (exact) mass is 368 g/mol. The molecule has 2 rings (SSSR count). The molecule has 146 valence electrons. The minimum Gasteiger partial charge on any atom is -0.356 e. The summed E-state index contributed by atoms with van der Waals surface area (Å²) in [6.45, 7) is 12.1. The smallest absolute Gasteiger partial charge is 0.191 e. The molecule has 0 aliphatic rings. The summed E-state index contributed by atoms with van der Waals surface area (Å²) >= 11 is 0. The third kappa shape index (κ3) is 6.55. The van der Waals surface area contributed by atoms with Gasteiger partial charge in [-0.1, -0.05) is 44.2 Å². The van der Waals surface area contributed by atoms with Crippen LogP contribution in [-0.2, 0) is 20.0 Å². The fraction of sp³-hybridized carbons (Fsp3) is 0.476. The van der Waals surface area contributed by atoms with Gasteiger partial charge in [0.1, 0.15) is 12.4 Å². The highest BCUT2D eigenvalue weighted by Crippen LogP contribution is 2.15. The number of guanidine groups is 1. The Bertz CT molecular complexity index is 743. The van der Waals surface area contributed by atoms with E-state index in [9.17, 15) is 0 Å². The zero-order chi connectivity index (χ0) is 19.6. The molecule has 0 aliphatic carbocycles. The second-order valence-corrected chi connectivity index (χ2v) is 6.98. The van der Waals surface area contributed by atoms with Crippen LogP contribution >= 0.6 is 0 Å². The standard InChI is InChI=1S/C21H32N6/c1-6-13-22-21(24-15-20-26-25-17(4)27(20)5)23-14-7-8-18-9-11-19(12-10-18)16(2)3/h6,9-12,16H,1,7-8,13-15H2,2-5H3,(H2,22,23,24). The van der Waals surface area contributed by atoms with Crippen LogP contribution in [0.15, 0.2) is 41.9 Å². The maximum atomic E-state index is 4.60. The van der Waals surface area contributed by atoms with Gasteiger partial charge in [0.15, 0.2) is 11.8 Å². The quantitative estimate of drug-likeness (QED) is 0.309. The second-order valence-electron chi connectivity index (χ2n) is 6.98. The van der Waals surface area contributed by atoms with Crippen molar-refractivity contribution in [2.45, 2.75) is 46.1 Å². The lowest BCUT2D eigenvalue weighted by molar-refractivity contribution is 0.734. The fourth-order valence-corrected chi connectivity index (χ4v) is 2.65. The number of nitrogens with zero attached hydrogens (tertiary/aromatic N) is 4. The van der Waals surface area contributed by atoms with E-state index in [-0.39, 0.29) is 0 Å². The Kier molecular flexibility index (Phi) is 8.04. The van der Waals surface area contributed by atoms with E-state index in [1.165, 1.54) is 11.1 Å². The van der Waals surface area contributed by atoms with Crippen LogP contribution in [0.3, 0.4) is 0 Å². The third-order valence-electron chi connectivity index (χ3n) is 4.56. The lowest BCUT2D eigenvalue weighted by Gasteiger charge is -2.12. The van der Waals surface area contributed by atoms with Crippen LogP contribution in [0.1, 0.15) is 49.0 Å². The van der Waals surface area contributed by atoms with Gasteiger partial charge in [0.25, 0.3) is 0 Å². The van der Waals surface area contributed by atoms with Crippen molar-refractivity contribution in [3.63, 3.8) is 0 Å². The van der Waals surface area contributed by atoms with Gasteiger partial charge >= 0.3 is 0 Å². The van der Waals surface area contributed by atoms with Gasteiger partial charge in [-0.05, 0) is 36.8 Å². The number of hydrogen-bond donors (Lipinski definition) is 2. The number of benzene rings is 1. The van der Waals surface area contributed by atoms with Gasteiger partial charge < -0.3 is 15.2 Å². The van der Waals surface area contributed by atoms with Gasteiger partial charge in [-0.2, -0.15) is 0 Å². The molecule has 27 heavy (non-hydrogen) atoms. The molecule has 6 nitrogen and oxygen atoms in total. The summed E-state index contributed by atoms with van der Waals surface area (Å²) in [6, 6.07) is 8.93. The Morgan fingerprint density at radius 1 is 1.22 bits per heavy atom. The van der Waals surface area contributed by atoms with Crippen LogP contribution in [-0.4, -0.2) is 33.8 Å². The minimum atomic E-state index is 0.487. The third-order valence-corrected chi connectivity index (χ3v) is 4.56. The highest BCUT2D eigenvalue weighted by molar-refractivity contribution is 5.79. The Labute approximate surface area is 162 Å². The molecule has 0 aliphatic heterocycles. The van der Waals surface area contributed by atoms with Crippen molar-refractivity contribution < 1.29 is 0 Å². The molecule has 0 saturated heterocycles. The summed E-state index contributed by atoms with van der Waals surface area (Å²) < 4.78 is 1.95. The van der Waals surface area contributed by atoms with Crippen molar-refractivity contribution in [2.24, 2.45) is 12.0 Å². The summed E-state index contributed by atoms with van der Waals surface area (Å²) in [5, 5.41) is 14.9. The number of aryl methyl sites for hydroxylation is 2. The van der Waals surface area contributed by atoms with Crippen LogP contribution in [0.25, 0.3) is 0 Å². The minimum absolute atomic E-state index is 0.487. The number of rotatable bonds is 9. The van der Waals surface area contributed by atoms with E-state index < -0.39 is 0 Å². The molecule has 0 fully saturated rings. The van der Waals surface area contributed by atoms with E-state index >= 15 is 0 Å². The van der Waals surface area contributed by atoms with E-state index in [2.05, 4.69) is 70.5 Å². The molecule has 2 N–H and O–H groups in total. The van der Waals surface area contributed by atoms with E-state index in [0.717, 1.165) is 37.0 Å². The molecule has 0 atom stereocenters. The van der Waals surface area contributed by atoms with Gasteiger partial charge in [-0.3, -0.25) is 0 Å². The highest BCUT2D eigenvalue weighted by Gasteiger charge is 2.05. The highest BCUT2D eigenvalue weighted by atomic mass is 15.3. The molecule has 6 heteroatoms. The summed E-state index contributed by atoms with van der Waals surface area (Å²) in [6.07, 6.45) is 3.90. The van der Waals surface area contributed by atoms with Crippen LogP contribution < -0.4 is 10.6 Å². The van der Waals surface area contributed by atoms with Gasteiger partial charge in [0.05, 0.1) is 0 Å². The largest absolute Gasteiger partial charge is 0.356 e. The normalized spacial score (nSPS) is 11.7. The molecule has 1 aromatic heterocycles. The molecule has 1 heterocycles. The van der Waals surface area contributed by atoms with E-state index in [0.29, 0.717) is 19.0 Å². The first-order valence-corrected chi connectivity index (χ1v) is 9.58. The molecule has 1 aromatic carbocycles. The summed E-state index contributed by atoms with van der Waals surface area (Å²) in [7, 11) is 1.95. The van der Waals surface area contributed by atoms with Crippen molar-refractivity contribution in [3.8, 4) is 0 Å². The van der Waals surface area contributed by atoms with Gasteiger partial charge in [0.2, 0.25) is 0 Å². The Balaban J connectivity index is 1.83. The van der Waals surface area contributed by atoms with E-state index in [1.807, 2.05) is 24.6 Å². The molecular weight excluding hydrogens is 336 g/mol. The number of aliphatic imine (C=N–C) groups is 1. The summed E-state index contributed by atoms with van der Waals surface area (Å²) in [5.74, 6) is 3.08. The molecule has 0 amide bonds. The van der Waals surface area contributed by atoms with Crippen molar-refractivity contribution in [3.05, 3.63) is 59.7 Å². The Morgan fingerprint density at radius 2 is 1.96 bits per heavy atom. The lowest BCUT2D eigenvalue weighted by atomic mass is 10.0. The average molecular weight is 369 g/mol. The average Bonchev–Trinajstić information content (AvgIpc) is 2.99. The Hall–Kier alpha value is -2.63. The van der Waals surface area contributed by atoms with Crippen molar-refractivity contribution in [1.29, 1.82) is 0 Å². The molecule has 0 saturated carbocycles. The maximum absolute atomic E-state index is 4.60. The van der Waals surface area contributed by atoms with Gasteiger partial charge in [-0.15, -0.1) is 16.8 Å². The zero-order valence-corrected chi connectivity index (χ0v) is 17.0. The number of nitrogens with one attached hydrogen (secondary N) is 2. The molecule has 0 unspecified atom stereocenters. The SMILES string of the molecule is C=CCNC(=NCc1nnc(C)n1C)NCCCc1ccc(C(C)C)cc1. The first-order chi connectivity index (χ1) is 13.0. The molecule has 0 bridgehead atoms. The molecular formula is C21H32N6. The van der Waals surface area contributed by atoms with Crippen LogP contribution in [0.2, 0.25) is 0 Å². The fourth-order valence-electron chi connectivity index (χ4n) is 2.65. The maximum Gasteiger partial charge on any atom is 0.191 e. The molecule has 0 spiro atoms. The van der Waals surface area contributed by atoms with Gasteiger partial charge in [-0.25, -0.2) is 4.99 Å². The van der Waals surface area contributed by atoms with Crippen molar-refractivity contribution >= 4 is 5.96 Å². The summed E-state index contributed by atoms with van der Waals surface area (Å²) in [4.78, 5) is 4.60. The van der Waals surface area contributed by atoms with E-state index in [4.69, 9.17) is 0 Å². The van der Waals surface area contributed by atoms with Crippen molar-refractivity contribution in [2.75, 3.05) is 13.1 Å². The van der Waals surface area contributed by atoms with Crippen LogP contribution in [0.5, 0.6) is 0 Å². The van der Waals surface area contributed by atoms with Crippen LogP contribution in [0, 0.1) is 6.92 Å². The predicted octanol–water partition coefficient (Wildman–Crippen LogP) is 3.10. The predicted molar refractivity (Wildman–Crippen MR) is 112 cm³/mol. The summed E-state index contributed by atoms with van der Waals surface area (Å²) in [5.41, 5.74) is 2.76. The van der Waals surface area contributed by atoms with E-state index in [1.54, 1.807) is 0 Å². The first-order valence-electron chi connectivity index (χ1n) is 9.58. The number of aromatic nitrogens is 3. The van der Waals surface area contributed by atoms with Crippen LogP contribution in [0.4, 0.5) is 0 Å².